The van der Waals surface area contributed by atoms with E-state index in [1.807, 2.05) is 18.2 Å². The van der Waals surface area contributed by atoms with Crippen molar-refractivity contribution in [3.63, 3.8) is 0 Å². The molecule has 1 aliphatic rings. The van der Waals surface area contributed by atoms with E-state index >= 15 is 0 Å². The maximum Gasteiger partial charge on any atom is 0.338 e. The molecule has 2 aromatic carbocycles. The van der Waals surface area contributed by atoms with Crippen molar-refractivity contribution in [3.8, 4) is 0 Å². The third-order valence-electron chi connectivity index (χ3n) is 5.06. The van der Waals surface area contributed by atoms with Crippen LogP contribution < -0.4 is 5.32 Å². The molecule has 1 aromatic heterocycles. The molecule has 7 nitrogen and oxygen atoms in total. The van der Waals surface area contributed by atoms with Crippen LogP contribution in [0.5, 0.6) is 0 Å². The second-order valence-corrected chi connectivity index (χ2v) is 8.73. The van der Waals surface area contributed by atoms with Crippen molar-refractivity contribution in [2.45, 2.75) is 18.8 Å². The van der Waals surface area contributed by atoms with Gasteiger partial charge < -0.3 is 19.4 Å². The smallest absolute Gasteiger partial charge is 0.338 e. The lowest BCUT2D eigenvalue weighted by Crippen LogP contribution is -2.27. The Morgan fingerprint density at radius 2 is 1.94 bits per heavy atom. The highest BCUT2D eigenvalue weighted by Crippen LogP contribution is 2.39. The number of thioether (sulfide) groups is 1. The molecule has 0 bridgehead atoms. The molecule has 1 aliphatic heterocycles. The Bertz CT molecular complexity index is 1160. The molecule has 0 aliphatic carbocycles. The molecule has 0 radical (unpaired) electrons. The Kier molecular flexibility index (Phi) is 7.05. The number of amides is 2. The number of nitrogens with one attached hydrogen (secondary N) is 1. The van der Waals surface area contributed by atoms with Crippen molar-refractivity contribution >= 4 is 46.8 Å². The molecule has 0 unspecified atom stereocenters. The van der Waals surface area contributed by atoms with Gasteiger partial charge in [-0.15, -0.1) is 11.8 Å². The minimum Gasteiger partial charge on any atom is -0.467 e. The highest BCUT2D eigenvalue weighted by atomic mass is 35.5. The maximum absolute atomic E-state index is 12.7. The van der Waals surface area contributed by atoms with Gasteiger partial charge in [0.05, 0.1) is 41.4 Å². The van der Waals surface area contributed by atoms with Crippen molar-refractivity contribution < 1.29 is 23.5 Å². The molecular weight excluding hydrogens is 464 g/mol. The molecule has 3 aromatic rings. The zero-order valence-corrected chi connectivity index (χ0v) is 19.3. The van der Waals surface area contributed by atoms with Gasteiger partial charge in [-0.2, -0.15) is 0 Å². The van der Waals surface area contributed by atoms with Crippen LogP contribution >= 0.6 is 23.4 Å². The zero-order chi connectivity index (χ0) is 23.4. The number of anilines is 1. The minimum atomic E-state index is -0.475. The topological polar surface area (TPSA) is 88.8 Å². The van der Waals surface area contributed by atoms with E-state index in [1.165, 1.54) is 17.8 Å². The molecule has 2 heterocycles. The van der Waals surface area contributed by atoms with Crippen LogP contribution in [-0.4, -0.2) is 35.0 Å². The van der Waals surface area contributed by atoms with Crippen LogP contribution in [0.25, 0.3) is 0 Å². The molecule has 4 rings (SSSR count). The summed E-state index contributed by atoms with van der Waals surface area (Å²) in [5, 5.41) is 2.84. The van der Waals surface area contributed by atoms with E-state index in [0.29, 0.717) is 29.1 Å². The number of benzene rings is 2. The van der Waals surface area contributed by atoms with Crippen LogP contribution in [0.15, 0.2) is 65.3 Å². The van der Waals surface area contributed by atoms with Crippen LogP contribution in [0.1, 0.15) is 44.3 Å². The highest BCUT2D eigenvalue weighted by molar-refractivity contribution is 8.00. The molecule has 1 fully saturated rings. The first-order chi connectivity index (χ1) is 16.0. The number of carbonyl (C=O) groups is 3. The van der Waals surface area contributed by atoms with Crippen LogP contribution in [0.2, 0.25) is 5.02 Å². The molecule has 0 saturated carbocycles. The van der Waals surface area contributed by atoms with Gasteiger partial charge in [-0.1, -0.05) is 23.7 Å². The summed E-state index contributed by atoms with van der Waals surface area (Å²) in [7, 11) is 0. The average molecular weight is 485 g/mol. The number of rotatable bonds is 7. The molecule has 9 heteroatoms. The van der Waals surface area contributed by atoms with Crippen LogP contribution in [-0.2, 0) is 16.1 Å². The van der Waals surface area contributed by atoms with Crippen molar-refractivity contribution in [3.05, 3.63) is 88.3 Å². The van der Waals surface area contributed by atoms with Gasteiger partial charge in [-0.3, -0.25) is 9.59 Å². The molecule has 2 amide bonds. The number of furan rings is 1. The molecule has 1 saturated heterocycles. The van der Waals surface area contributed by atoms with Crippen LogP contribution in [0.3, 0.4) is 0 Å². The number of esters is 1. The second-order valence-electron chi connectivity index (χ2n) is 7.26. The predicted octanol–water partition coefficient (Wildman–Crippen LogP) is 5.14. The van der Waals surface area contributed by atoms with Crippen LogP contribution in [0.4, 0.5) is 5.69 Å². The van der Waals surface area contributed by atoms with Crippen molar-refractivity contribution in [2.24, 2.45) is 0 Å². The third-order valence-corrected chi connectivity index (χ3v) is 6.63. The summed E-state index contributed by atoms with van der Waals surface area (Å²) in [6.07, 6.45) is 1.59. The van der Waals surface area contributed by atoms with Crippen molar-refractivity contribution in [1.29, 1.82) is 0 Å². The number of ether oxygens (including phenoxy) is 1. The zero-order valence-electron chi connectivity index (χ0n) is 17.7. The van der Waals surface area contributed by atoms with Gasteiger partial charge in [-0.05, 0) is 55.0 Å². The number of hydrogen-bond donors (Lipinski definition) is 1. The maximum atomic E-state index is 12.7. The fourth-order valence-corrected chi connectivity index (χ4v) is 4.84. The Labute approximate surface area is 200 Å². The van der Waals surface area contributed by atoms with E-state index < -0.39 is 5.97 Å². The van der Waals surface area contributed by atoms with E-state index in [0.717, 1.165) is 11.3 Å². The summed E-state index contributed by atoms with van der Waals surface area (Å²) in [5.74, 6) is 0.349. The lowest BCUT2D eigenvalue weighted by Gasteiger charge is -2.23. The summed E-state index contributed by atoms with van der Waals surface area (Å²) in [4.78, 5) is 38.7. The predicted molar refractivity (Wildman–Crippen MR) is 126 cm³/mol. The third kappa shape index (κ3) is 5.23. The first-order valence-corrected chi connectivity index (χ1v) is 11.7. The molecule has 1 atom stereocenters. The number of carbonyl (C=O) groups excluding carboxylic acids is 3. The Morgan fingerprint density at radius 1 is 1.18 bits per heavy atom. The van der Waals surface area contributed by atoms with E-state index in [2.05, 4.69) is 5.32 Å². The largest absolute Gasteiger partial charge is 0.467 e. The first-order valence-electron chi connectivity index (χ1n) is 10.3. The lowest BCUT2D eigenvalue weighted by atomic mass is 10.1. The van der Waals surface area contributed by atoms with Gasteiger partial charge in [0.15, 0.2) is 0 Å². The molecule has 33 heavy (non-hydrogen) atoms. The summed E-state index contributed by atoms with van der Waals surface area (Å²) in [5.41, 5.74) is 2.06. The van der Waals surface area contributed by atoms with Gasteiger partial charge in [0.2, 0.25) is 5.91 Å². The minimum absolute atomic E-state index is 0.0455. The van der Waals surface area contributed by atoms with Gasteiger partial charge in [0.25, 0.3) is 5.91 Å². The van der Waals surface area contributed by atoms with Gasteiger partial charge in [-0.25, -0.2) is 4.79 Å². The van der Waals surface area contributed by atoms with Gasteiger partial charge >= 0.3 is 5.97 Å². The lowest BCUT2D eigenvalue weighted by molar-refractivity contribution is -0.128. The number of halogens is 1. The SMILES string of the molecule is CCOC(=O)c1ccc(NC(=O)c2ccc([C@H]3SCC(=O)N3Cc3ccco3)cc2)c(Cl)c1. The normalized spacial score (nSPS) is 15.5. The molecule has 0 spiro atoms. The summed E-state index contributed by atoms with van der Waals surface area (Å²) >= 11 is 7.77. The Hall–Kier alpha value is -3.23. The second kappa shape index (κ2) is 10.1. The van der Waals surface area contributed by atoms with E-state index in [-0.39, 0.29) is 28.8 Å². The Morgan fingerprint density at radius 3 is 2.61 bits per heavy atom. The first kappa shape index (κ1) is 22.9. The summed E-state index contributed by atoms with van der Waals surface area (Å²) < 4.78 is 10.3. The average Bonchev–Trinajstić information content (AvgIpc) is 3.46. The quantitative estimate of drug-likeness (QED) is 0.467. The van der Waals surface area contributed by atoms with Crippen molar-refractivity contribution in [2.75, 3.05) is 17.7 Å². The Balaban J connectivity index is 1.44. The van der Waals surface area contributed by atoms with E-state index in [1.54, 1.807) is 48.4 Å². The molecule has 170 valence electrons. The molecule has 1 N–H and O–H groups in total. The number of nitrogens with zero attached hydrogens (tertiary/aromatic N) is 1. The summed E-state index contributed by atoms with van der Waals surface area (Å²) in [6, 6.07) is 15.3. The van der Waals surface area contributed by atoms with E-state index in [9.17, 15) is 14.4 Å². The van der Waals surface area contributed by atoms with Crippen molar-refractivity contribution in [1.82, 2.24) is 4.90 Å². The standard InChI is InChI=1S/C24H21ClN2O5S/c1-2-31-24(30)17-9-10-20(19(25)12-17)26-22(29)15-5-7-16(8-6-15)23-27(21(28)14-33-23)13-18-4-3-11-32-18/h3-12,23H,2,13-14H2,1H3,(H,26,29)/t23-/m1/s1. The summed E-state index contributed by atoms with van der Waals surface area (Å²) in [6.45, 7) is 2.38. The van der Waals surface area contributed by atoms with Gasteiger partial charge in [0, 0.05) is 5.56 Å². The monoisotopic (exact) mass is 484 g/mol. The highest BCUT2D eigenvalue weighted by Gasteiger charge is 2.33. The van der Waals surface area contributed by atoms with Crippen LogP contribution in [0, 0.1) is 0 Å². The molecular formula is C24H21ClN2O5S. The van der Waals surface area contributed by atoms with Gasteiger partial charge in [0.1, 0.15) is 11.1 Å². The fraction of sp³-hybridized carbons (Fsp3) is 0.208. The number of hydrogen-bond acceptors (Lipinski definition) is 6. The fourth-order valence-electron chi connectivity index (χ4n) is 3.42. The van der Waals surface area contributed by atoms with E-state index in [4.69, 9.17) is 20.8 Å².